The van der Waals surface area contributed by atoms with Gasteiger partial charge in [0.15, 0.2) is 17.0 Å². The average molecular weight is 327 g/mol. The molecule has 7 nitrogen and oxygen atoms in total. The van der Waals surface area contributed by atoms with Gasteiger partial charge >= 0.3 is 0 Å². The molecule has 0 amide bonds. The summed E-state index contributed by atoms with van der Waals surface area (Å²) in [4.78, 5) is 13.2. The van der Waals surface area contributed by atoms with Crippen LogP contribution in [0.2, 0.25) is 0 Å². The minimum absolute atomic E-state index is 0.186. The lowest BCUT2D eigenvalue weighted by atomic mass is 10.3. The van der Waals surface area contributed by atoms with E-state index in [2.05, 4.69) is 34.4 Å². The van der Waals surface area contributed by atoms with Crippen LogP contribution in [0.3, 0.4) is 0 Å². The monoisotopic (exact) mass is 327 g/mol. The van der Waals surface area contributed by atoms with Crippen molar-refractivity contribution in [1.82, 2.24) is 19.5 Å². The second-order valence-electron chi connectivity index (χ2n) is 6.43. The molecule has 24 heavy (non-hydrogen) atoms. The highest BCUT2D eigenvalue weighted by Gasteiger charge is 2.16. The number of nitrogens with one attached hydrogen (secondary N) is 1. The summed E-state index contributed by atoms with van der Waals surface area (Å²) < 4.78 is 2.78. The third-order valence-electron chi connectivity index (χ3n) is 4.09. The third kappa shape index (κ3) is 3.69. The molecular formula is C17H23N6O+. The summed E-state index contributed by atoms with van der Waals surface area (Å²) in [7, 11) is 4.21. The minimum atomic E-state index is 0.186. The van der Waals surface area contributed by atoms with Crippen molar-refractivity contribution >= 4 is 22.7 Å². The zero-order valence-electron chi connectivity index (χ0n) is 14.1. The Morgan fingerprint density at radius 1 is 1.08 bits per heavy atom. The molecule has 2 N–H and O–H groups in total. The maximum Gasteiger partial charge on any atom is 0.165 e. The van der Waals surface area contributed by atoms with Gasteiger partial charge in [-0.1, -0.05) is 18.2 Å². The summed E-state index contributed by atoms with van der Waals surface area (Å²) in [5.74, 6) is 0.703. The molecule has 0 saturated heterocycles. The van der Waals surface area contributed by atoms with Crippen molar-refractivity contribution in [2.75, 3.05) is 39.1 Å². The van der Waals surface area contributed by atoms with E-state index < -0.39 is 0 Å². The van der Waals surface area contributed by atoms with Gasteiger partial charge in [0.2, 0.25) is 0 Å². The number of likely N-dealkylation sites (N-methyl/N-ethyl adjacent to an activating group) is 1. The number of aliphatic hydroxyl groups is 1. The molecule has 0 unspecified atom stereocenters. The number of hydrogen-bond donors (Lipinski definition) is 2. The van der Waals surface area contributed by atoms with Gasteiger partial charge in [-0.3, -0.25) is 0 Å². The molecule has 7 heteroatoms. The first-order valence-corrected chi connectivity index (χ1v) is 8.00. The van der Waals surface area contributed by atoms with Crippen LogP contribution in [-0.4, -0.2) is 62.9 Å². The first-order chi connectivity index (χ1) is 11.6. The lowest BCUT2D eigenvalue weighted by molar-refractivity contribution is -0.891. The van der Waals surface area contributed by atoms with Crippen molar-refractivity contribution < 1.29 is 9.59 Å². The first kappa shape index (κ1) is 16.4. The largest absolute Gasteiger partial charge is 0.391 e. The Morgan fingerprint density at radius 2 is 1.88 bits per heavy atom. The van der Waals surface area contributed by atoms with Crippen molar-refractivity contribution in [2.45, 2.75) is 6.54 Å². The van der Waals surface area contributed by atoms with Crippen molar-refractivity contribution in [1.29, 1.82) is 0 Å². The van der Waals surface area contributed by atoms with Crippen LogP contribution in [-0.2, 0) is 6.54 Å². The molecule has 0 aliphatic carbocycles. The Bertz CT molecular complexity index is 799. The average Bonchev–Trinajstić information content (AvgIpc) is 2.98. The van der Waals surface area contributed by atoms with E-state index in [9.17, 15) is 0 Å². The number of aliphatic hydroxyl groups excluding tert-OH is 1. The SMILES string of the molecule is C[N+](C)(CCO)CCn1cnc2c(Nc3ccccc3)ncnc21. The summed E-state index contributed by atoms with van der Waals surface area (Å²) in [5, 5.41) is 12.4. The van der Waals surface area contributed by atoms with E-state index in [1.54, 1.807) is 12.7 Å². The number of imidazole rings is 1. The van der Waals surface area contributed by atoms with E-state index in [0.717, 1.165) is 41.0 Å². The number of fused-ring (bicyclic) bond motifs is 1. The fraction of sp³-hybridized carbons (Fsp3) is 0.353. The van der Waals surface area contributed by atoms with Crippen LogP contribution in [0.15, 0.2) is 43.0 Å². The van der Waals surface area contributed by atoms with E-state index >= 15 is 0 Å². The molecule has 0 aliphatic rings. The highest BCUT2D eigenvalue weighted by molar-refractivity contribution is 5.84. The Hall–Kier alpha value is -2.51. The molecular weight excluding hydrogens is 304 g/mol. The second-order valence-corrected chi connectivity index (χ2v) is 6.43. The van der Waals surface area contributed by atoms with Crippen LogP contribution in [0.25, 0.3) is 11.2 Å². The third-order valence-corrected chi connectivity index (χ3v) is 4.09. The van der Waals surface area contributed by atoms with Gasteiger partial charge in [-0.2, -0.15) is 0 Å². The molecule has 0 radical (unpaired) electrons. The molecule has 1 aromatic carbocycles. The minimum Gasteiger partial charge on any atom is -0.391 e. The lowest BCUT2D eigenvalue weighted by Crippen LogP contribution is -2.44. The Labute approximate surface area is 141 Å². The zero-order chi connectivity index (χ0) is 17.0. The topological polar surface area (TPSA) is 75.9 Å². The first-order valence-electron chi connectivity index (χ1n) is 8.00. The molecule has 0 atom stereocenters. The van der Waals surface area contributed by atoms with Gasteiger partial charge in [0.05, 0.1) is 40.1 Å². The van der Waals surface area contributed by atoms with E-state index in [1.165, 1.54) is 0 Å². The highest BCUT2D eigenvalue weighted by atomic mass is 16.3. The van der Waals surface area contributed by atoms with Crippen molar-refractivity contribution in [3.8, 4) is 0 Å². The van der Waals surface area contributed by atoms with Crippen LogP contribution in [0.5, 0.6) is 0 Å². The summed E-state index contributed by atoms with van der Waals surface area (Å²) in [6, 6.07) is 9.89. The lowest BCUT2D eigenvalue weighted by Gasteiger charge is -2.28. The van der Waals surface area contributed by atoms with Gasteiger partial charge in [0.25, 0.3) is 0 Å². The smallest absolute Gasteiger partial charge is 0.165 e. The molecule has 3 rings (SSSR count). The number of nitrogens with zero attached hydrogens (tertiary/aromatic N) is 5. The van der Waals surface area contributed by atoms with Crippen molar-refractivity contribution in [3.05, 3.63) is 43.0 Å². The molecule has 2 aromatic heterocycles. The van der Waals surface area contributed by atoms with Gasteiger partial charge in [-0.15, -0.1) is 0 Å². The maximum atomic E-state index is 9.14. The van der Waals surface area contributed by atoms with E-state index in [4.69, 9.17) is 5.11 Å². The van der Waals surface area contributed by atoms with E-state index in [-0.39, 0.29) is 6.61 Å². The molecule has 0 spiro atoms. The summed E-state index contributed by atoms with van der Waals surface area (Å²) in [6.07, 6.45) is 3.36. The number of hydrogen-bond acceptors (Lipinski definition) is 5. The Kier molecular flexibility index (Phi) is 4.73. The summed E-state index contributed by atoms with van der Waals surface area (Å²) in [6.45, 7) is 2.58. The molecule has 0 aliphatic heterocycles. The number of aromatic nitrogens is 4. The van der Waals surface area contributed by atoms with Crippen LogP contribution in [0.4, 0.5) is 11.5 Å². The highest BCUT2D eigenvalue weighted by Crippen LogP contribution is 2.21. The fourth-order valence-electron chi connectivity index (χ4n) is 2.55. The molecule has 3 aromatic rings. The fourth-order valence-corrected chi connectivity index (χ4v) is 2.55. The van der Waals surface area contributed by atoms with Gasteiger partial charge in [0, 0.05) is 5.69 Å². The molecule has 0 saturated carbocycles. The van der Waals surface area contributed by atoms with Crippen LogP contribution in [0.1, 0.15) is 0 Å². The van der Waals surface area contributed by atoms with Crippen molar-refractivity contribution in [3.63, 3.8) is 0 Å². The van der Waals surface area contributed by atoms with E-state index in [1.807, 2.05) is 34.9 Å². The van der Waals surface area contributed by atoms with Gasteiger partial charge < -0.3 is 19.5 Å². The second kappa shape index (κ2) is 6.94. The van der Waals surface area contributed by atoms with Crippen LogP contribution >= 0.6 is 0 Å². The number of rotatable bonds is 7. The van der Waals surface area contributed by atoms with Crippen molar-refractivity contribution in [2.24, 2.45) is 0 Å². The normalized spacial score (nSPS) is 11.8. The summed E-state index contributed by atoms with van der Waals surface area (Å²) in [5.41, 5.74) is 2.54. The molecule has 2 heterocycles. The van der Waals surface area contributed by atoms with Crippen LogP contribution in [0, 0.1) is 0 Å². The van der Waals surface area contributed by atoms with Gasteiger partial charge in [-0.25, -0.2) is 15.0 Å². The predicted octanol–water partition coefficient (Wildman–Crippen LogP) is 1.64. The quantitative estimate of drug-likeness (QED) is 0.645. The Balaban J connectivity index is 1.81. The molecule has 0 bridgehead atoms. The molecule has 0 fully saturated rings. The molecule has 126 valence electrons. The number of quaternary nitrogens is 1. The standard InChI is InChI=1S/C17H23N6O/c1-23(2,10-11-24)9-8-22-13-20-15-16(18-12-19-17(15)22)21-14-6-4-3-5-7-14/h3-7,12-13,24H,8-11H2,1-2H3,(H,18,19,21)/q+1. The maximum absolute atomic E-state index is 9.14. The van der Waals surface area contributed by atoms with Gasteiger partial charge in [0.1, 0.15) is 12.9 Å². The zero-order valence-corrected chi connectivity index (χ0v) is 14.1. The van der Waals surface area contributed by atoms with Crippen LogP contribution < -0.4 is 5.32 Å². The number of benzene rings is 1. The number of para-hydroxylation sites is 1. The number of anilines is 2. The van der Waals surface area contributed by atoms with Gasteiger partial charge in [-0.05, 0) is 12.1 Å². The Morgan fingerprint density at radius 3 is 2.62 bits per heavy atom. The summed E-state index contributed by atoms with van der Waals surface area (Å²) >= 11 is 0. The van der Waals surface area contributed by atoms with E-state index in [0.29, 0.717) is 5.82 Å². The predicted molar refractivity (Wildman–Crippen MR) is 94.0 cm³/mol.